The van der Waals surface area contributed by atoms with Crippen LogP contribution in [0.2, 0.25) is 5.02 Å². The standard InChI is InChI=1S/C27H27ClN2O5/c1-30(16-17-6-3-2-4-7-17)24-22(29-26(32)18-10-12-19(13-11-18)27(33)34)15-23(25(24)31)35-21-9-5-8-20(28)14-21/h2-14,22-25,31H,15-16H2,1H3,(H,29,32)(H,33,34)/t22-,23-,24+,25+/m1/s1. The number of halogens is 1. The molecule has 1 fully saturated rings. The third kappa shape index (κ3) is 6.00. The van der Waals surface area contributed by atoms with Crippen molar-refractivity contribution in [1.29, 1.82) is 0 Å². The summed E-state index contributed by atoms with van der Waals surface area (Å²) in [4.78, 5) is 26.1. The van der Waals surface area contributed by atoms with E-state index in [1.165, 1.54) is 24.3 Å². The molecule has 182 valence electrons. The van der Waals surface area contributed by atoms with Crippen molar-refractivity contribution in [3.05, 3.63) is 101 Å². The van der Waals surface area contributed by atoms with Gasteiger partial charge < -0.3 is 20.3 Å². The summed E-state index contributed by atoms with van der Waals surface area (Å²) in [6, 6.07) is 21.8. The minimum atomic E-state index is -1.06. The maximum atomic E-state index is 13.0. The molecule has 4 rings (SSSR count). The number of carbonyl (C=O) groups is 2. The zero-order chi connectivity index (χ0) is 24.9. The fraction of sp³-hybridized carbons (Fsp3) is 0.259. The smallest absolute Gasteiger partial charge is 0.335 e. The molecule has 1 aliphatic carbocycles. The van der Waals surface area contributed by atoms with E-state index in [9.17, 15) is 14.7 Å². The summed E-state index contributed by atoms with van der Waals surface area (Å²) < 4.78 is 6.08. The number of nitrogens with zero attached hydrogens (tertiary/aromatic N) is 1. The molecule has 0 aliphatic heterocycles. The Bertz CT molecular complexity index is 1170. The van der Waals surface area contributed by atoms with Gasteiger partial charge in [0.2, 0.25) is 0 Å². The number of hydrogen-bond donors (Lipinski definition) is 3. The molecule has 0 heterocycles. The Kier molecular flexibility index (Phi) is 7.70. The molecular formula is C27H27ClN2O5. The first-order chi connectivity index (χ1) is 16.8. The van der Waals surface area contributed by atoms with E-state index in [4.69, 9.17) is 21.4 Å². The predicted molar refractivity (Wildman–Crippen MR) is 133 cm³/mol. The Morgan fingerprint density at radius 2 is 1.71 bits per heavy atom. The number of amides is 1. The fourth-order valence-electron chi connectivity index (χ4n) is 4.52. The number of carbonyl (C=O) groups excluding carboxylic acids is 1. The van der Waals surface area contributed by atoms with E-state index in [-0.39, 0.29) is 11.5 Å². The third-order valence-corrected chi connectivity index (χ3v) is 6.44. The Morgan fingerprint density at radius 1 is 1.03 bits per heavy atom. The van der Waals surface area contributed by atoms with Gasteiger partial charge >= 0.3 is 5.97 Å². The van der Waals surface area contributed by atoms with Crippen LogP contribution >= 0.6 is 11.6 Å². The zero-order valence-corrected chi connectivity index (χ0v) is 19.9. The Hall–Kier alpha value is -3.39. The molecule has 0 aromatic heterocycles. The lowest BCUT2D eigenvalue weighted by atomic mass is 10.1. The second-order valence-electron chi connectivity index (χ2n) is 8.69. The number of aliphatic hydroxyl groups is 1. The van der Waals surface area contributed by atoms with Gasteiger partial charge in [0.1, 0.15) is 18.0 Å². The number of rotatable bonds is 8. The van der Waals surface area contributed by atoms with E-state index >= 15 is 0 Å². The fourth-order valence-corrected chi connectivity index (χ4v) is 4.71. The first-order valence-electron chi connectivity index (χ1n) is 11.3. The van der Waals surface area contributed by atoms with E-state index in [0.717, 1.165) is 5.56 Å². The van der Waals surface area contributed by atoms with Gasteiger partial charge in [-0.15, -0.1) is 0 Å². The van der Waals surface area contributed by atoms with Crippen molar-refractivity contribution in [2.45, 2.75) is 37.3 Å². The molecule has 1 saturated carbocycles. The number of carboxylic acid groups (broad SMARTS) is 1. The van der Waals surface area contributed by atoms with Crippen LogP contribution in [0.25, 0.3) is 0 Å². The number of aliphatic hydroxyl groups excluding tert-OH is 1. The number of likely N-dealkylation sites (N-methyl/N-ethyl adjacent to an activating group) is 1. The van der Waals surface area contributed by atoms with Crippen LogP contribution in [0, 0.1) is 0 Å². The van der Waals surface area contributed by atoms with Gasteiger partial charge in [0.15, 0.2) is 0 Å². The number of carboxylic acids is 1. The number of aromatic carboxylic acids is 1. The lowest BCUT2D eigenvalue weighted by molar-refractivity contribution is 0.0125. The van der Waals surface area contributed by atoms with Gasteiger partial charge in [-0.05, 0) is 55.1 Å². The molecule has 7 nitrogen and oxygen atoms in total. The van der Waals surface area contributed by atoms with Crippen LogP contribution in [0.15, 0.2) is 78.9 Å². The minimum absolute atomic E-state index is 0.105. The quantitative estimate of drug-likeness (QED) is 0.440. The van der Waals surface area contributed by atoms with E-state index < -0.39 is 30.3 Å². The minimum Gasteiger partial charge on any atom is -0.488 e. The highest BCUT2D eigenvalue weighted by molar-refractivity contribution is 6.30. The van der Waals surface area contributed by atoms with Gasteiger partial charge in [-0.25, -0.2) is 4.79 Å². The third-order valence-electron chi connectivity index (χ3n) is 6.21. The van der Waals surface area contributed by atoms with Crippen molar-refractivity contribution >= 4 is 23.5 Å². The van der Waals surface area contributed by atoms with Gasteiger partial charge in [-0.3, -0.25) is 9.69 Å². The summed E-state index contributed by atoms with van der Waals surface area (Å²) in [5.74, 6) is -0.859. The lowest BCUT2D eigenvalue weighted by Gasteiger charge is -2.32. The number of nitrogens with one attached hydrogen (secondary N) is 1. The van der Waals surface area contributed by atoms with E-state index in [1.54, 1.807) is 24.3 Å². The lowest BCUT2D eigenvalue weighted by Crippen LogP contribution is -2.51. The van der Waals surface area contributed by atoms with E-state index in [0.29, 0.717) is 29.3 Å². The van der Waals surface area contributed by atoms with E-state index in [2.05, 4.69) is 5.32 Å². The van der Waals surface area contributed by atoms with Crippen LogP contribution in [0.3, 0.4) is 0 Å². The topological polar surface area (TPSA) is 99.1 Å². The Morgan fingerprint density at radius 3 is 2.37 bits per heavy atom. The Balaban J connectivity index is 1.54. The molecule has 8 heteroatoms. The molecule has 3 aromatic carbocycles. The van der Waals surface area contributed by atoms with Crippen LogP contribution in [0.4, 0.5) is 0 Å². The van der Waals surface area contributed by atoms with Gasteiger partial charge in [-0.1, -0.05) is 48.0 Å². The second kappa shape index (κ2) is 10.9. The van der Waals surface area contributed by atoms with Crippen LogP contribution < -0.4 is 10.1 Å². The molecule has 0 unspecified atom stereocenters. The van der Waals surface area contributed by atoms with E-state index in [1.807, 2.05) is 42.3 Å². The average molecular weight is 495 g/mol. The maximum Gasteiger partial charge on any atom is 0.335 e. The van der Waals surface area contributed by atoms with Gasteiger partial charge in [0, 0.05) is 23.6 Å². The van der Waals surface area contributed by atoms with Crippen molar-refractivity contribution in [3.63, 3.8) is 0 Å². The first-order valence-corrected chi connectivity index (χ1v) is 11.7. The van der Waals surface area contributed by atoms with Crippen LogP contribution in [-0.2, 0) is 6.54 Å². The molecule has 35 heavy (non-hydrogen) atoms. The first kappa shape index (κ1) is 24.7. The molecule has 1 amide bonds. The van der Waals surface area contributed by atoms with Crippen LogP contribution in [-0.4, -0.2) is 58.3 Å². The van der Waals surface area contributed by atoms with Crippen molar-refractivity contribution < 1.29 is 24.5 Å². The summed E-state index contributed by atoms with van der Waals surface area (Å²) in [5.41, 5.74) is 1.53. The predicted octanol–water partition coefficient (Wildman–Crippen LogP) is 3.85. The molecule has 0 bridgehead atoms. The molecule has 0 spiro atoms. The molecule has 3 aromatic rings. The largest absolute Gasteiger partial charge is 0.488 e. The molecule has 4 atom stereocenters. The molecule has 1 aliphatic rings. The Labute approximate surface area is 208 Å². The highest BCUT2D eigenvalue weighted by atomic mass is 35.5. The summed E-state index contributed by atoms with van der Waals surface area (Å²) in [5, 5.41) is 23.9. The SMILES string of the molecule is CN(Cc1ccccc1)[C@@H]1[C@@H](O)[C@H](Oc2cccc(Cl)c2)C[C@H]1NC(=O)c1ccc(C(=O)O)cc1. The monoisotopic (exact) mass is 494 g/mol. The summed E-state index contributed by atoms with van der Waals surface area (Å²) in [7, 11) is 1.91. The van der Waals surface area contributed by atoms with Crippen molar-refractivity contribution in [2.75, 3.05) is 7.05 Å². The van der Waals surface area contributed by atoms with Crippen LogP contribution in [0.1, 0.15) is 32.7 Å². The number of benzene rings is 3. The van der Waals surface area contributed by atoms with Crippen molar-refractivity contribution in [2.24, 2.45) is 0 Å². The average Bonchev–Trinajstić information content (AvgIpc) is 3.14. The number of hydrogen-bond acceptors (Lipinski definition) is 5. The molecule has 0 radical (unpaired) electrons. The van der Waals surface area contributed by atoms with Crippen molar-refractivity contribution in [1.82, 2.24) is 10.2 Å². The molecule has 3 N–H and O–H groups in total. The summed E-state index contributed by atoms with van der Waals surface area (Å²) in [6.45, 7) is 0.576. The maximum absolute atomic E-state index is 13.0. The molecular weight excluding hydrogens is 468 g/mol. The molecule has 0 saturated heterocycles. The highest BCUT2D eigenvalue weighted by Gasteiger charge is 2.46. The second-order valence-corrected chi connectivity index (χ2v) is 9.13. The summed E-state index contributed by atoms with van der Waals surface area (Å²) in [6.07, 6.45) is -1.05. The van der Waals surface area contributed by atoms with Crippen LogP contribution in [0.5, 0.6) is 5.75 Å². The van der Waals surface area contributed by atoms with Gasteiger partial charge in [0.25, 0.3) is 5.91 Å². The van der Waals surface area contributed by atoms with Gasteiger partial charge in [0.05, 0.1) is 17.6 Å². The summed E-state index contributed by atoms with van der Waals surface area (Å²) >= 11 is 6.09. The number of ether oxygens (including phenoxy) is 1. The zero-order valence-electron chi connectivity index (χ0n) is 19.2. The highest BCUT2D eigenvalue weighted by Crippen LogP contribution is 2.30. The van der Waals surface area contributed by atoms with Gasteiger partial charge in [-0.2, -0.15) is 0 Å². The van der Waals surface area contributed by atoms with Crippen molar-refractivity contribution in [3.8, 4) is 5.75 Å². The normalized spacial score (nSPS) is 21.6.